The second kappa shape index (κ2) is 6.74. The Morgan fingerprint density at radius 2 is 1.62 bits per heavy atom. The Balaban J connectivity index is 2.02. The van der Waals surface area contributed by atoms with Gasteiger partial charge < -0.3 is 5.11 Å². The van der Waals surface area contributed by atoms with Crippen LogP contribution in [0.2, 0.25) is 0 Å². The number of aliphatic hydroxyl groups is 1. The van der Waals surface area contributed by atoms with Gasteiger partial charge in [0.15, 0.2) is 0 Å². The van der Waals surface area contributed by atoms with Gasteiger partial charge in [-0.25, -0.2) is 0 Å². The number of hydrogen-bond acceptors (Lipinski definition) is 2. The molecule has 0 saturated heterocycles. The molecule has 1 fully saturated rings. The number of halogens is 3. The van der Waals surface area contributed by atoms with Crippen LogP contribution in [-0.2, 0) is 0 Å². The van der Waals surface area contributed by atoms with Crippen molar-refractivity contribution in [3.63, 3.8) is 0 Å². The molecule has 0 aromatic rings. The van der Waals surface area contributed by atoms with Gasteiger partial charge in [0.1, 0.15) is 0 Å². The minimum absolute atomic E-state index is 0.184. The molecule has 0 unspecified atom stereocenters. The molecule has 0 spiro atoms. The van der Waals surface area contributed by atoms with Crippen LogP contribution in [0, 0.1) is 11.8 Å². The molecule has 0 aromatic heterocycles. The van der Waals surface area contributed by atoms with E-state index < -0.39 is 12.6 Å². The van der Waals surface area contributed by atoms with Crippen molar-refractivity contribution in [2.24, 2.45) is 11.8 Å². The molecule has 1 aliphatic rings. The van der Waals surface area contributed by atoms with Crippen molar-refractivity contribution in [1.29, 1.82) is 0 Å². The lowest BCUT2D eigenvalue weighted by Gasteiger charge is -2.26. The highest BCUT2D eigenvalue weighted by Gasteiger charge is 2.26. The van der Waals surface area contributed by atoms with Gasteiger partial charge in [-0.05, 0) is 43.3 Å². The van der Waals surface area contributed by atoms with Crippen molar-refractivity contribution in [2.75, 3.05) is 18.1 Å². The molecular formula is C11H19F3OS. The van der Waals surface area contributed by atoms with Crippen LogP contribution in [0.3, 0.4) is 0 Å². The van der Waals surface area contributed by atoms with Crippen molar-refractivity contribution in [3.05, 3.63) is 0 Å². The predicted molar refractivity (Wildman–Crippen MR) is 60.5 cm³/mol. The Kier molecular flexibility index (Phi) is 5.97. The maximum absolute atomic E-state index is 11.9. The number of hydrogen-bond donors (Lipinski definition) is 1. The van der Waals surface area contributed by atoms with E-state index in [1.54, 1.807) is 0 Å². The van der Waals surface area contributed by atoms with E-state index in [0.29, 0.717) is 11.8 Å². The van der Waals surface area contributed by atoms with Crippen molar-refractivity contribution in [2.45, 2.75) is 38.3 Å². The van der Waals surface area contributed by atoms with Gasteiger partial charge in [0, 0.05) is 12.4 Å². The second-order valence-corrected chi connectivity index (χ2v) is 5.66. The van der Waals surface area contributed by atoms with E-state index in [4.69, 9.17) is 5.11 Å². The van der Waals surface area contributed by atoms with Crippen molar-refractivity contribution in [3.8, 4) is 0 Å². The normalized spacial score (nSPS) is 27.0. The first kappa shape index (κ1) is 14.2. The van der Waals surface area contributed by atoms with Gasteiger partial charge in [0.05, 0.1) is 6.42 Å². The largest absolute Gasteiger partial charge is 0.396 e. The summed E-state index contributed by atoms with van der Waals surface area (Å²) in [5.74, 6) is 2.01. The van der Waals surface area contributed by atoms with Gasteiger partial charge in [-0.15, -0.1) is 0 Å². The topological polar surface area (TPSA) is 20.2 Å². The zero-order valence-corrected chi connectivity index (χ0v) is 10.1. The molecule has 0 amide bonds. The van der Waals surface area contributed by atoms with E-state index in [1.165, 1.54) is 11.8 Å². The molecule has 0 atom stereocenters. The van der Waals surface area contributed by atoms with Gasteiger partial charge in [-0.2, -0.15) is 24.9 Å². The highest BCUT2D eigenvalue weighted by Crippen LogP contribution is 2.31. The minimum atomic E-state index is -4.01. The average Bonchev–Trinajstić information content (AvgIpc) is 2.24. The summed E-state index contributed by atoms with van der Waals surface area (Å²) >= 11 is 1.41. The van der Waals surface area contributed by atoms with E-state index in [-0.39, 0.29) is 12.4 Å². The Morgan fingerprint density at radius 1 is 1.06 bits per heavy atom. The first-order chi connectivity index (χ1) is 7.51. The van der Waals surface area contributed by atoms with Crippen LogP contribution in [0.15, 0.2) is 0 Å². The highest BCUT2D eigenvalue weighted by molar-refractivity contribution is 7.99. The number of alkyl halides is 3. The van der Waals surface area contributed by atoms with Crippen molar-refractivity contribution >= 4 is 11.8 Å². The lowest BCUT2D eigenvalue weighted by atomic mass is 9.83. The van der Waals surface area contributed by atoms with E-state index in [2.05, 4.69) is 0 Å². The van der Waals surface area contributed by atoms with E-state index in [9.17, 15) is 13.2 Å². The Labute approximate surface area is 98.8 Å². The van der Waals surface area contributed by atoms with E-state index in [1.807, 2.05) is 0 Å². The van der Waals surface area contributed by atoms with Gasteiger partial charge in [0.25, 0.3) is 0 Å². The summed E-state index contributed by atoms with van der Waals surface area (Å²) < 4.78 is 35.6. The standard InChI is InChI=1S/C11H19F3OS/c12-11(13,14)5-6-16-8-10-3-1-9(7-15)2-4-10/h9-10,15H,1-8H2. The van der Waals surface area contributed by atoms with Gasteiger partial charge >= 0.3 is 6.18 Å². The molecule has 5 heteroatoms. The first-order valence-electron chi connectivity index (χ1n) is 5.76. The predicted octanol–water partition coefficient (Wildman–Crippen LogP) is 3.47. The summed E-state index contributed by atoms with van der Waals surface area (Å²) in [6.45, 7) is 0.258. The molecule has 1 saturated carbocycles. The third-order valence-corrected chi connectivity index (χ3v) is 4.31. The fourth-order valence-corrected chi connectivity index (χ4v) is 3.23. The number of rotatable bonds is 5. The lowest BCUT2D eigenvalue weighted by molar-refractivity contribution is -0.129. The summed E-state index contributed by atoms with van der Waals surface area (Å²) in [7, 11) is 0. The summed E-state index contributed by atoms with van der Waals surface area (Å²) in [6.07, 6.45) is -0.512. The molecule has 1 nitrogen and oxygen atoms in total. The fourth-order valence-electron chi connectivity index (χ4n) is 2.02. The SMILES string of the molecule is OCC1CCC(CSCCC(F)(F)F)CC1. The minimum Gasteiger partial charge on any atom is -0.396 e. The maximum atomic E-state index is 11.9. The zero-order valence-electron chi connectivity index (χ0n) is 9.30. The second-order valence-electron chi connectivity index (χ2n) is 4.51. The van der Waals surface area contributed by atoms with E-state index in [0.717, 1.165) is 31.4 Å². The molecule has 0 bridgehead atoms. The Morgan fingerprint density at radius 3 is 2.12 bits per heavy atom. The third kappa shape index (κ3) is 5.99. The van der Waals surface area contributed by atoms with Crippen LogP contribution in [0.5, 0.6) is 0 Å². The Hall–Kier alpha value is 0.100. The molecule has 96 valence electrons. The van der Waals surface area contributed by atoms with Crippen LogP contribution in [0.1, 0.15) is 32.1 Å². The molecule has 0 heterocycles. The lowest BCUT2D eigenvalue weighted by Crippen LogP contribution is -2.19. The highest BCUT2D eigenvalue weighted by atomic mass is 32.2. The Bertz CT molecular complexity index is 188. The quantitative estimate of drug-likeness (QED) is 0.760. The molecule has 1 N–H and O–H groups in total. The van der Waals surface area contributed by atoms with E-state index >= 15 is 0 Å². The first-order valence-corrected chi connectivity index (χ1v) is 6.92. The van der Waals surface area contributed by atoms with Crippen LogP contribution in [-0.4, -0.2) is 29.4 Å². The van der Waals surface area contributed by atoms with Gasteiger partial charge in [0.2, 0.25) is 0 Å². The average molecular weight is 256 g/mol. The smallest absolute Gasteiger partial charge is 0.389 e. The maximum Gasteiger partial charge on any atom is 0.389 e. The zero-order chi connectivity index (χ0) is 12.0. The molecule has 1 rings (SSSR count). The van der Waals surface area contributed by atoms with Gasteiger partial charge in [-0.1, -0.05) is 0 Å². The fraction of sp³-hybridized carbons (Fsp3) is 1.00. The monoisotopic (exact) mass is 256 g/mol. The molecular weight excluding hydrogens is 237 g/mol. The van der Waals surface area contributed by atoms with Crippen molar-refractivity contribution < 1.29 is 18.3 Å². The molecule has 0 aromatic carbocycles. The van der Waals surface area contributed by atoms with Crippen LogP contribution in [0.4, 0.5) is 13.2 Å². The summed E-state index contributed by atoms with van der Waals surface area (Å²) in [4.78, 5) is 0. The van der Waals surface area contributed by atoms with Crippen molar-refractivity contribution in [1.82, 2.24) is 0 Å². The van der Waals surface area contributed by atoms with Gasteiger partial charge in [-0.3, -0.25) is 0 Å². The molecule has 0 aliphatic heterocycles. The van der Waals surface area contributed by atoms with Crippen LogP contribution < -0.4 is 0 Å². The number of aliphatic hydroxyl groups excluding tert-OH is 1. The summed E-state index contributed by atoms with van der Waals surface area (Å²) in [5.41, 5.74) is 0. The summed E-state index contributed by atoms with van der Waals surface area (Å²) in [5, 5.41) is 8.95. The van der Waals surface area contributed by atoms with Crippen LogP contribution >= 0.6 is 11.8 Å². The molecule has 0 radical (unpaired) electrons. The molecule has 16 heavy (non-hydrogen) atoms. The third-order valence-electron chi connectivity index (χ3n) is 3.11. The molecule has 1 aliphatic carbocycles. The van der Waals surface area contributed by atoms with Crippen LogP contribution in [0.25, 0.3) is 0 Å². The number of thioether (sulfide) groups is 1. The summed E-state index contributed by atoms with van der Waals surface area (Å²) in [6, 6.07) is 0.